The van der Waals surface area contributed by atoms with Gasteiger partial charge in [-0.2, -0.15) is 0 Å². The molecule has 0 bridgehead atoms. The molecule has 130 valence electrons. The maximum atomic E-state index is 12.6. The lowest BCUT2D eigenvalue weighted by atomic mass is 10.0. The maximum Gasteiger partial charge on any atom is 0.164 e. The largest absolute Gasteiger partial charge is 0.385 e. The van der Waals surface area contributed by atoms with Crippen LogP contribution in [0.1, 0.15) is 33.5 Å². The number of halogens is 1. The smallest absolute Gasteiger partial charge is 0.164 e. The first-order chi connectivity index (χ1) is 12.6. The van der Waals surface area contributed by atoms with E-state index in [2.05, 4.69) is 41.7 Å². The van der Waals surface area contributed by atoms with Crippen LogP contribution in [0.5, 0.6) is 0 Å². The number of rotatable bonds is 5. The van der Waals surface area contributed by atoms with Crippen molar-refractivity contribution in [2.75, 3.05) is 11.9 Å². The van der Waals surface area contributed by atoms with Gasteiger partial charge >= 0.3 is 0 Å². The molecule has 0 aromatic heterocycles. The van der Waals surface area contributed by atoms with Gasteiger partial charge in [-0.1, -0.05) is 54.1 Å². The van der Waals surface area contributed by atoms with E-state index in [4.69, 9.17) is 11.6 Å². The molecule has 1 aliphatic carbocycles. The standard InChI is InChI=1S/C23H20ClNO/c1-15-6-8-19(14-22(15)24)25-11-10-23(26)17-7-9-21-18(13-17)12-16-4-2-3-5-20(16)21/h2-9,13-14,25H,10-12H2,1H3. The van der Waals surface area contributed by atoms with Crippen LogP contribution in [-0.4, -0.2) is 12.3 Å². The molecule has 0 amide bonds. The SMILES string of the molecule is Cc1ccc(NCCC(=O)c2ccc3c(c2)Cc2ccccc2-3)cc1Cl. The van der Waals surface area contributed by atoms with E-state index in [1.807, 2.05) is 31.2 Å². The Hall–Kier alpha value is -2.58. The van der Waals surface area contributed by atoms with Crippen LogP contribution in [0, 0.1) is 6.92 Å². The van der Waals surface area contributed by atoms with Crippen molar-refractivity contribution in [3.8, 4) is 11.1 Å². The van der Waals surface area contributed by atoms with Gasteiger partial charge in [0.1, 0.15) is 0 Å². The first-order valence-electron chi connectivity index (χ1n) is 8.86. The molecule has 3 heteroatoms. The summed E-state index contributed by atoms with van der Waals surface area (Å²) in [6, 6.07) is 20.4. The molecule has 0 saturated carbocycles. The number of aryl methyl sites for hydroxylation is 1. The molecule has 2 nitrogen and oxygen atoms in total. The predicted molar refractivity (Wildman–Crippen MR) is 108 cm³/mol. The quantitative estimate of drug-likeness (QED) is 0.448. The van der Waals surface area contributed by atoms with Crippen LogP contribution in [0.4, 0.5) is 5.69 Å². The molecule has 0 heterocycles. The van der Waals surface area contributed by atoms with Crippen LogP contribution >= 0.6 is 11.6 Å². The second-order valence-corrected chi connectivity index (χ2v) is 7.18. The van der Waals surface area contributed by atoms with E-state index >= 15 is 0 Å². The minimum Gasteiger partial charge on any atom is -0.385 e. The first-order valence-corrected chi connectivity index (χ1v) is 9.24. The number of benzene rings is 3. The summed E-state index contributed by atoms with van der Waals surface area (Å²) >= 11 is 6.14. The third-order valence-corrected chi connectivity index (χ3v) is 5.38. The van der Waals surface area contributed by atoms with E-state index in [-0.39, 0.29) is 5.78 Å². The van der Waals surface area contributed by atoms with Crippen molar-refractivity contribution in [2.45, 2.75) is 19.8 Å². The number of ketones is 1. The van der Waals surface area contributed by atoms with Crippen molar-refractivity contribution in [3.63, 3.8) is 0 Å². The molecule has 0 unspecified atom stereocenters. The zero-order valence-corrected chi connectivity index (χ0v) is 15.4. The summed E-state index contributed by atoms with van der Waals surface area (Å²) in [5, 5.41) is 4.01. The fourth-order valence-corrected chi connectivity index (χ4v) is 3.67. The van der Waals surface area contributed by atoms with Gasteiger partial charge in [-0.05, 0) is 59.4 Å². The summed E-state index contributed by atoms with van der Waals surface area (Å²) in [7, 11) is 0. The zero-order valence-electron chi connectivity index (χ0n) is 14.7. The minimum absolute atomic E-state index is 0.162. The molecule has 0 spiro atoms. The van der Waals surface area contributed by atoms with Crippen LogP contribution in [0.25, 0.3) is 11.1 Å². The van der Waals surface area contributed by atoms with E-state index in [1.54, 1.807) is 0 Å². The topological polar surface area (TPSA) is 29.1 Å². The van der Waals surface area contributed by atoms with Crippen LogP contribution < -0.4 is 5.32 Å². The Morgan fingerprint density at radius 2 is 1.81 bits per heavy atom. The number of anilines is 1. The summed E-state index contributed by atoms with van der Waals surface area (Å²) in [4.78, 5) is 12.6. The van der Waals surface area contributed by atoms with Crippen LogP contribution in [-0.2, 0) is 6.42 Å². The van der Waals surface area contributed by atoms with Gasteiger partial charge in [0.2, 0.25) is 0 Å². The van der Waals surface area contributed by atoms with E-state index < -0.39 is 0 Å². The highest BCUT2D eigenvalue weighted by Gasteiger charge is 2.19. The normalized spacial score (nSPS) is 11.8. The average molecular weight is 362 g/mol. The van der Waals surface area contributed by atoms with Crippen LogP contribution in [0.2, 0.25) is 5.02 Å². The lowest BCUT2D eigenvalue weighted by Crippen LogP contribution is -2.09. The molecule has 1 N–H and O–H groups in total. The van der Waals surface area contributed by atoms with Gasteiger partial charge in [0, 0.05) is 29.2 Å². The molecular formula is C23H20ClNO. The molecule has 3 aromatic rings. The molecule has 0 radical (unpaired) electrons. The van der Waals surface area contributed by atoms with Gasteiger partial charge in [0.05, 0.1) is 0 Å². The van der Waals surface area contributed by atoms with Crippen molar-refractivity contribution in [1.82, 2.24) is 0 Å². The highest BCUT2D eigenvalue weighted by Crippen LogP contribution is 2.36. The average Bonchev–Trinajstić information content (AvgIpc) is 3.02. The van der Waals surface area contributed by atoms with E-state index in [0.717, 1.165) is 28.3 Å². The third kappa shape index (κ3) is 3.25. The second-order valence-electron chi connectivity index (χ2n) is 6.77. The Labute approximate surface area is 158 Å². The summed E-state index contributed by atoms with van der Waals surface area (Å²) in [5.41, 5.74) is 7.91. The Bertz CT molecular complexity index is 993. The summed E-state index contributed by atoms with van der Waals surface area (Å²) in [6.45, 7) is 2.57. The number of hydrogen-bond donors (Lipinski definition) is 1. The monoisotopic (exact) mass is 361 g/mol. The fourth-order valence-electron chi connectivity index (χ4n) is 3.49. The van der Waals surface area contributed by atoms with Gasteiger partial charge in [0.15, 0.2) is 5.78 Å². The van der Waals surface area contributed by atoms with E-state index in [1.165, 1.54) is 22.3 Å². The van der Waals surface area contributed by atoms with Crippen LogP contribution in [0.15, 0.2) is 60.7 Å². The molecule has 0 saturated heterocycles. The predicted octanol–water partition coefficient (Wildman–Crippen LogP) is 5.90. The molecule has 3 aromatic carbocycles. The zero-order chi connectivity index (χ0) is 18.1. The highest BCUT2D eigenvalue weighted by molar-refractivity contribution is 6.31. The lowest BCUT2D eigenvalue weighted by molar-refractivity contribution is 0.0986. The van der Waals surface area contributed by atoms with Crippen molar-refractivity contribution in [3.05, 3.63) is 87.9 Å². The molecule has 26 heavy (non-hydrogen) atoms. The van der Waals surface area contributed by atoms with Gasteiger partial charge in [-0.25, -0.2) is 0 Å². The van der Waals surface area contributed by atoms with Gasteiger partial charge < -0.3 is 5.32 Å². The van der Waals surface area contributed by atoms with E-state index in [0.29, 0.717) is 13.0 Å². The highest BCUT2D eigenvalue weighted by atomic mass is 35.5. The summed E-state index contributed by atoms with van der Waals surface area (Å²) < 4.78 is 0. The summed E-state index contributed by atoms with van der Waals surface area (Å²) in [6.07, 6.45) is 1.37. The first kappa shape index (κ1) is 16.9. The van der Waals surface area contributed by atoms with Crippen molar-refractivity contribution in [1.29, 1.82) is 0 Å². The minimum atomic E-state index is 0.162. The molecule has 0 aliphatic heterocycles. The molecule has 0 fully saturated rings. The molecular weight excluding hydrogens is 342 g/mol. The number of hydrogen-bond acceptors (Lipinski definition) is 2. The molecule has 1 aliphatic rings. The number of carbonyl (C=O) groups is 1. The van der Waals surface area contributed by atoms with Crippen molar-refractivity contribution >= 4 is 23.1 Å². The Kier molecular flexibility index (Phi) is 4.52. The van der Waals surface area contributed by atoms with Gasteiger partial charge in [0.25, 0.3) is 0 Å². The second kappa shape index (κ2) is 6.97. The molecule has 4 rings (SSSR count). The molecule has 0 atom stereocenters. The van der Waals surface area contributed by atoms with Crippen LogP contribution in [0.3, 0.4) is 0 Å². The van der Waals surface area contributed by atoms with E-state index in [9.17, 15) is 4.79 Å². The third-order valence-electron chi connectivity index (χ3n) is 4.97. The number of carbonyl (C=O) groups excluding carboxylic acids is 1. The van der Waals surface area contributed by atoms with Crippen molar-refractivity contribution in [2.24, 2.45) is 0 Å². The van der Waals surface area contributed by atoms with Gasteiger partial charge in [-0.15, -0.1) is 0 Å². The maximum absolute atomic E-state index is 12.6. The lowest BCUT2D eigenvalue weighted by Gasteiger charge is -2.08. The fraction of sp³-hybridized carbons (Fsp3) is 0.174. The Balaban J connectivity index is 1.41. The summed E-state index contributed by atoms with van der Waals surface area (Å²) in [5.74, 6) is 0.162. The van der Waals surface area contributed by atoms with Gasteiger partial charge in [-0.3, -0.25) is 4.79 Å². The Morgan fingerprint density at radius 1 is 1.00 bits per heavy atom. The Morgan fingerprint density at radius 3 is 2.65 bits per heavy atom. The number of fused-ring (bicyclic) bond motifs is 3. The van der Waals surface area contributed by atoms with Crippen molar-refractivity contribution < 1.29 is 4.79 Å². The number of Topliss-reactive ketones (excluding diaryl/α,β-unsaturated/α-hetero) is 1. The number of nitrogens with one attached hydrogen (secondary N) is 1.